The smallest absolute Gasteiger partial charge is 0.260 e. The number of nitrogens with zero attached hydrogens (tertiary/aromatic N) is 10. The van der Waals surface area contributed by atoms with Crippen molar-refractivity contribution in [2.24, 2.45) is 7.05 Å². The third-order valence-electron chi connectivity index (χ3n) is 6.39. The lowest BCUT2D eigenvalue weighted by Gasteiger charge is -2.12. The molecule has 0 aliphatic carbocycles. The van der Waals surface area contributed by atoms with E-state index < -0.39 is 0 Å². The molecule has 0 aliphatic rings. The third kappa shape index (κ3) is 6.24. The molecule has 0 aromatic carbocycles. The van der Waals surface area contributed by atoms with Gasteiger partial charge in [0.15, 0.2) is 11.3 Å². The maximum absolute atomic E-state index is 12.2. The van der Waals surface area contributed by atoms with E-state index in [2.05, 4.69) is 73.6 Å². The number of hydrogen-bond acceptors (Lipinski definition) is 9. The number of fused-ring (bicyclic) bond motifs is 2. The zero-order valence-corrected chi connectivity index (χ0v) is 24.7. The van der Waals surface area contributed by atoms with Crippen molar-refractivity contribution >= 4 is 34.7 Å². The van der Waals surface area contributed by atoms with Crippen molar-refractivity contribution in [3.8, 4) is 0 Å². The molecule has 216 valence electrons. The van der Waals surface area contributed by atoms with E-state index in [4.69, 9.17) is 0 Å². The number of anilines is 3. The van der Waals surface area contributed by atoms with Crippen LogP contribution < -0.4 is 10.6 Å². The van der Waals surface area contributed by atoms with Gasteiger partial charge in [0, 0.05) is 49.3 Å². The van der Waals surface area contributed by atoms with Gasteiger partial charge in [-0.2, -0.15) is 15.3 Å². The number of hydrogen-bond donors (Lipinski definition) is 2. The Kier molecular flexibility index (Phi) is 7.91. The van der Waals surface area contributed by atoms with Crippen LogP contribution in [0.25, 0.3) is 11.3 Å². The summed E-state index contributed by atoms with van der Waals surface area (Å²) < 4.78 is 5.23. The molecule has 0 atom stereocenters. The molecule has 0 saturated heterocycles. The molecule has 6 rings (SSSR count). The molecule has 0 bridgehead atoms. The first-order chi connectivity index (χ1) is 20.1. The van der Waals surface area contributed by atoms with E-state index in [0.717, 1.165) is 40.2 Å². The maximum Gasteiger partial charge on any atom is 0.260 e. The van der Waals surface area contributed by atoms with Gasteiger partial charge in [0.1, 0.15) is 23.3 Å². The molecule has 6 heterocycles. The Labute approximate surface area is 243 Å². The zero-order valence-electron chi connectivity index (χ0n) is 24.7. The van der Waals surface area contributed by atoms with Gasteiger partial charge >= 0.3 is 0 Å². The van der Waals surface area contributed by atoms with E-state index in [9.17, 15) is 4.79 Å². The predicted molar refractivity (Wildman–Crippen MR) is 160 cm³/mol. The molecule has 6 aromatic heterocycles. The summed E-state index contributed by atoms with van der Waals surface area (Å²) in [7, 11) is 1.77. The summed E-state index contributed by atoms with van der Waals surface area (Å²) in [6.45, 7) is 12.3. The Morgan fingerprint density at radius 2 is 1.33 bits per heavy atom. The quantitative estimate of drug-likeness (QED) is 0.289. The second-order valence-electron chi connectivity index (χ2n) is 10.6. The van der Waals surface area contributed by atoms with Crippen LogP contribution >= 0.6 is 0 Å². The SMILES string of the molecule is CC(C)c1cc(NC(=O)c2cnn(C)c2)nc2ccnn12.Cc1cc(Nc2cc(C(C)C)n3nccc3n2)nc(C)n1. The van der Waals surface area contributed by atoms with Gasteiger partial charge in [-0.3, -0.25) is 9.48 Å². The molecule has 13 nitrogen and oxygen atoms in total. The lowest BCUT2D eigenvalue weighted by Crippen LogP contribution is -2.14. The first kappa shape index (κ1) is 28.3. The minimum Gasteiger partial charge on any atom is -0.325 e. The summed E-state index contributed by atoms with van der Waals surface area (Å²) >= 11 is 0. The molecule has 0 aliphatic heterocycles. The summed E-state index contributed by atoms with van der Waals surface area (Å²) in [5, 5.41) is 18.6. The Bertz CT molecular complexity index is 1840. The average Bonchev–Trinajstić information content (AvgIpc) is 3.68. The van der Waals surface area contributed by atoms with Gasteiger partial charge in [-0.1, -0.05) is 27.7 Å². The van der Waals surface area contributed by atoms with Crippen molar-refractivity contribution in [3.63, 3.8) is 0 Å². The van der Waals surface area contributed by atoms with Crippen molar-refractivity contribution in [2.75, 3.05) is 10.6 Å². The Morgan fingerprint density at radius 3 is 1.88 bits per heavy atom. The molecule has 0 radical (unpaired) electrons. The molecule has 2 N–H and O–H groups in total. The summed E-state index contributed by atoms with van der Waals surface area (Å²) in [6.07, 6.45) is 6.64. The minimum atomic E-state index is -0.228. The van der Waals surface area contributed by atoms with Crippen LogP contribution in [0.2, 0.25) is 0 Å². The van der Waals surface area contributed by atoms with E-state index in [1.54, 1.807) is 34.8 Å². The number of rotatable bonds is 6. The van der Waals surface area contributed by atoms with Crippen LogP contribution in [0, 0.1) is 13.8 Å². The number of aromatic nitrogens is 10. The van der Waals surface area contributed by atoms with Gasteiger partial charge in [0.2, 0.25) is 0 Å². The molecule has 6 aromatic rings. The van der Waals surface area contributed by atoms with Crippen molar-refractivity contribution in [1.82, 2.24) is 48.9 Å². The van der Waals surface area contributed by atoms with Crippen LogP contribution in [0.1, 0.15) is 72.8 Å². The Morgan fingerprint density at radius 1 is 0.762 bits per heavy atom. The van der Waals surface area contributed by atoms with Crippen molar-refractivity contribution in [2.45, 2.75) is 53.4 Å². The Balaban J connectivity index is 0.000000168. The van der Waals surface area contributed by atoms with Gasteiger partial charge < -0.3 is 10.6 Å². The van der Waals surface area contributed by atoms with Crippen molar-refractivity contribution in [3.05, 3.63) is 83.6 Å². The van der Waals surface area contributed by atoms with Gasteiger partial charge in [-0.05, 0) is 25.7 Å². The molecule has 0 unspecified atom stereocenters. The highest BCUT2D eigenvalue weighted by molar-refractivity contribution is 6.03. The van der Waals surface area contributed by atoms with Gasteiger partial charge in [-0.15, -0.1) is 0 Å². The summed E-state index contributed by atoms with van der Waals surface area (Å²) in [5.41, 5.74) is 5.06. The number of carbonyl (C=O) groups excluding carboxylic acids is 1. The highest BCUT2D eigenvalue weighted by Crippen LogP contribution is 2.22. The van der Waals surface area contributed by atoms with E-state index in [0.29, 0.717) is 22.9 Å². The lowest BCUT2D eigenvalue weighted by atomic mass is 10.1. The van der Waals surface area contributed by atoms with Crippen LogP contribution in [0.15, 0.2) is 55.1 Å². The third-order valence-corrected chi connectivity index (χ3v) is 6.39. The number of aryl methyl sites for hydroxylation is 3. The molecule has 0 spiro atoms. The van der Waals surface area contributed by atoms with Gasteiger partial charge in [0.25, 0.3) is 5.91 Å². The highest BCUT2D eigenvalue weighted by Gasteiger charge is 2.14. The molecule has 1 amide bonds. The van der Waals surface area contributed by atoms with Crippen molar-refractivity contribution in [1.29, 1.82) is 0 Å². The van der Waals surface area contributed by atoms with Crippen LogP contribution in [-0.2, 0) is 7.05 Å². The van der Waals surface area contributed by atoms with Crippen LogP contribution in [0.3, 0.4) is 0 Å². The minimum absolute atomic E-state index is 0.228. The summed E-state index contributed by atoms with van der Waals surface area (Å²) in [4.78, 5) is 29.8. The second-order valence-corrected chi connectivity index (χ2v) is 10.6. The molecule has 13 heteroatoms. The van der Waals surface area contributed by atoms with E-state index >= 15 is 0 Å². The largest absolute Gasteiger partial charge is 0.325 e. The number of nitrogens with one attached hydrogen (secondary N) is 2. The van der Waals surface area contributed by atoms with Crippen LogP contribution in [-0.4, -0.2) is 54.9 Å². The standard InChI is InChI=1S/C15H18N6.C14H16N6O/c1-9(2)12-8-14(20-15-5-6-16-21(12)15)19-13-7-10(3)17-11(4)18-13;1-9(2)11-6-12(17-13-4-5-15-20(11)13)18-14(21)10-7-16-19(3)8-10/h5-9H,1-4H3,(H,17,18,19,20);4-9H,1-3H3,(H,17,18,21). The number of amides is 1. The van der Waals surface area contributed by atoms with Crippen LogP contribution in [0.4, 0.5) is 17.5 Å². The van der Waals surface area contributed by atoms with E-state index in [1.165, 1.54) is 6.20 Å². The molecule has 42 heavy (non-hydrogen) atoms. The lowest BCUT2D eigenvalue weighted by molar-refractivity contribution is 0.102. The molecular weight excluding hydrogens is 532 g/mol. The highest BCUT2D eigenvalue weighted by atomic mass is 16.1. The average molecular weight is 567 g/mol. The molecule has 0 saturated carbocycles. The van der Waals surface area contributed by atoms with E-state index in [-0.39, 0.29) is 11.8 Å². The summed E-state index contributed by atoms with van der Waals surface area (Å²) in [6, 6.07) is 9.47. The molecule has 0 fully saturated rings. The fourth-order valence-electron chi connectivity index (χ4n) is 4.46. The zero-order chi connectivity index (χ0) is 30.0. The first-order valence-corrected chi connectivity index (χ1v) is 13.7. The van der Waals surface area contributed by atoms with Gasteiger partial charge in [-0.25, -0.2) is 29.0 Å². The monoisotopic (exact) mass is 566 g/mol. The topological polar surface area (TPSA) is 145 Å². The van der Waals surface area contributed by atoms with E-state index in [1.807, 2.05) is 48.7 Å². The molecular formula is C29H34N12O. The number of carbonyl (C=O) groups is 1. The second kappa shape index (κ2) is 11.7. The predicted octanol–water partition coefficient (Wildman–Crippen LogP) is 4.84. The Hall–Kier alpha value is -5.20. The first-order valence-electron chi connectivity index (χ1n) is 13.7. The normalized spacial score (nSPS) is 11.3. The van der Waals surface area contributed by atoms with Crippen molar-refractivity contribution < 1.29 is 4.79 Å². The van der Waals surface area contributed by atoms with Gasteiger partial charge in [0.05, 0.1) is 35.5 Å². The fourth-order valence-corrected chi connectivity index (χ4v) is 4.46. The fraction of sp³-hybridized carbons (Fsp3) is 0.310. The van der Waals surface area contributed by atoms with Crippen LogP contribution in [0.5, 0.6) is 0 Å². The summed E-state index contributed by atoms with van der Waals surface area (Å²) in [5.74, 6) is 3.17. The maximum atomic E-state index is 12.2.